The van der Waals surface area contributed by atoms with Gasteiger partial charge >= 0.3 is 0 Å². The molecule has 1 aromatic carbocycles. The lowest BCUT2D eigenvalue weighted by Crippen LogP contribution is -2.39. The summed E-state index contributed by atoms with van der Waals surface area (Å²) in [5, 5.41) is 12.8. The largest absolute Gasteiger partial charge is 0.454 e. The Labute approximate surface area is 160 Å². The van der Waals surface area contributed by atoms with Crippen LogP contribution >= 0.6 is 11.3 Å². The fourth-order valence-corrected chi connectivity index (χ4v) is 4.08. The third-order valence-electron chi connectivity index (χ3n) is 4.77. The molecule has 4 heterocycles. The van der Waals surface area contributed by atoms with Gasteiger partial charge in [-0.1, -0.05) is 6.07 Å². The van der Waals surface area contributed by atoms with E-state index in [2.05, 4.69) is 9.97 Å². The van der Waals surface area contributed by atoms with Crippen LogP contribution in [-0.2, 0) is 0 Å². The van der Waals surface area contributed by atoms with Crippen LogP contribution in [0.2, 0.25) is 0 Å². The van der Waals surface area contributed by atoms with E-state index >= 15 is 0 Å². The molecule has 0 aliphatic carbocycles. The topological polar surface area (TPSA) is 80.6 Å². The van der Waals surface area contributed by atoms with E-state index in [-0.39, 0.29) is 12.9 Å². The van der Waals surface area contributed by atoms with Gasteiger partial charge in [-0.2, -0.15) is 0 Å². The van der Waals surface area contributed by atoms with E-state index in [4.69, 9.17) is 14.5 Å². The molecular weight excluding hydrogens is 364 g/mol. The standard InChI is InChI=1S/C19H18N4O3S/c24-13-2-1-6-23(10-13)19-21-9-14(17(22-19)18-20-5-7-27-18)12-3-4-15-16(8-12)26-11-25-15/h3-5,7-9,13,24H,1-2,6,10-11H2/t13-/m0/s1. The summed E-state index contributed by atoms with van der Waals surface area (Å²) in [6.07, 6.45) is 5.03. The van der Waals surface area contributed by atoms with Gasteiger partial charge in [0.05, 0.1) is 6.10 Å². The first-order valence-corrected chi connectivity index (χ1v) is 9.76. The van der Waals surface area contributed by atoms with Crippen LogP contribution in [0.25, 0.3) is 21.8 Å². The van der Waals surface area contributed by atoms with Crippen molar-refractivity contribution < 1.29 is 14.6 Å². The summed E-state index contributed by atoms with van der Waals surface area (Å²) in [5.41, 5.74) is 2.63. The monoisotopic (exact) mass is 382 g/mol. The number of benzene rings is 1. The second-order valence-corrected chi connectivity index (χ2v) is 7.47. The first-order valence-electron chi connectivity index (χ1n) is 8.88. The van der Waals surface area contributed by atoms with Crippen molar-refractivity contribution in [1.82, 2.24) is 15.0 Å². The first-order chi connectivity index (χ1) is 13.3. The number of thiazole rings is 1. The van der Waals surface area contributed by atoms with Gasteiger partial charge in [-0.05, 0) is 30.5 Å². The summed E-state index contributed by atoms with van der Waals surface area (Å²) in [4.78, 5) is 15.9. The molecule has 7 nitrogen and oxygen atoms in total. The molecule has 5 rings (SSSR count). The number of hydrogen-bond acceptors (Lipinski definition) is 8. The number of piperidine rings is 1. The second-order valence-electron chi connectivity index (χ2n) is 6.58. The fourth-order valence-electron chi connectivity index (χ4n) is 3.44. The highest BCUT2D eigenvalue weighted by Gasteiger charge is 2.23. The normalized spacial score (nSPS) is 18.7. The van der Waals surface area contributed by atoms with Crippen LogP contribution in [-0.4, -0.2) is 46.0 Å². The van der Waals surface area contributed by atoms with Gasteiger partial charge in [0.15, 0.2) is 11.5 Å². The zero-order valence-corrected chi connectivity index (χ0v) is 15.4. The van der Waals surface area contributed by atoms with Gasteiger partial charge in [-0.3, -0.25) is 0 Å². The Bertz CT molecular complexity index is 964. The van der Waals surface area contributed by atoms with Crippen LogP contribution in [0.4, 0.5) is 5.95 Å². The SMILES string of the molecule is O[C@H]1CCCN(c2ncc(-c3ccc4c(c3)OCO4)c(-c3nccs3)n2)C1. The molecule has 1 saturated heterocycles. The number of aliphatic hydroxyl groups is 1. The molecule has 3 aromatic rings. The second kappa shape index (κ2) is 6.79. The first kappa shape index (κ1) is 16.5. The van der Waals surface area contributed by atoms with E-state index in [1.807, 2.05) is 34.7 Å². The molecule has 0 radical (unpaired) electrons. The van der Waals surface area contributed by atoms with Crippen LogP contribution in [0.15, 0.2) is 36.0 Å². The summed E-state index contributed by atoms with van der Waals surface area (Å²) in [6.45, 7) is 1.64. The van der Waals surface area contributed by atoms with Gasteiger partial charge < -0.3 is 19.5 Å². The summed E-state index contributed by atoms with van der Waals surface area (Å²) in [7, 11) is 0. The summed E-state index contributed by atoms with van der Waals surface area (Å²) >= 11 is 1.54. The molecule has 0 bridgehead atoms. The third-order valence-corrected chi connectivity index (χ3v) is 5.55. The fraction of sp³-hybridized carbons (Fsp3) is 0.316. The molecule has 8 heteroatoms. The van der Waals surface area contributed by atoms with Crippen molar-refractivity contribution in [1.29, 1.82) is 0 Å². The van der Waals surface area contributed by atoms with Gasteiger partial charge in [-0.25, -0.2) is 15.0 Å². The lowest BCUT2D eigenvalue weighted by atomic mass is 10.0. The average Bonchev–Trinajstić information content (AvgIpc) is 3.39. The zero-order chi connectivity index (χ0) is 18.2. The smallest absolute Gasteiger partial charge is 0.231 e. The average molecular weight is 382 g/mol. The molecule has 0 saturated carbocycles. The molecule has 2 aromatic heterocycles. The van der Waals surface area contributed by atoms with Crippen molar-refractivity contribution in [2.45, 2.75) is 18.9 Å². The Kier molecular flexibility index (Phi) is 4.14. The minimum atomic E-state index is -0.334. The molecule has 1 atom stereocenters. The summed E-state index contributed by atoms with van der Waals surface area (Å²) < 4.78 is 10.9. The van der Waals surface area contributed by atoms with Crippen molar-refractivity contribution in [3.63, 3.8) is 0 Å². The van der Waals surface area contributed by atoms with Gasteiger partial charge in [0.1, 0.15) is 10.7 Å². The predicted octanol–water partition coefficient (Wildman–Crippen LogP) is 2.96. The molecular formula is C19H18N4O3S. The van der Waals surface area contributed by atoms with E-state index in [1.54, 1.807) is 17.5 Å². The lowest BCUT2D eigenvalue weighted by Gasteiger charge is -2.30. The van der Waals surface area contributed by atoms with Crippen molar-refractivity contribution in [3.8, 4) is 33.3 Å². The molecule has 0 amide bonds. The highest BCUT2D eigenvalue weighted by molar-refractivity contribution is 7.13. The summed E-state index contributed by atoms with van der Waals surface area (Å²) in [6, 6.07) is 5.83. The maximum absolute atomic E-state index is 9.98. The number of β-amino-alcohol motifs (C(OH)–C–C–N with tert-alkyl or cyclic N) is 1. The van der Waals surface area contributed by atoms with Gasteiger partial charge in [-0.15, -0.1) is 11.3 Å². The van der Waals surface area contributed by atoms with Gasteiger partial charge in [0.2, 0.25) is 12.7 Å². The highest BCUT2D eigenvalue weighted by atomic mass is 32.1. The van der Waals surface area contributed by atoms with Crippen LogP contribution < -0.4 is 14.4 Å². The number of ether oxygens (including phenoxy) is 2. The van der Waals surface area contributed by atoms with Crippen molar-refractivity contribution >= 4 is 17.3 Å². The molecule has 138 valence electrons. The minimum Gasteiger partial charge on any atom is -0.454 e. The molecule has 1 fully saturated rings. The zero-order valence-electron chi connectivity index (χ0n) is 14.5. The maximum atomic E-state index is 9.98. The lowest BCUT2D eigenvalue weighted by molar-refractivity contribution is 0.153. The molecule has 2 aliphatic heterocycles. The van der Waals surface area contributed by atoms with E-state index in [1.165, 1.54) is 0 Å². The Balaban J connectivity index is 1.59. The van der Waals surface area contributed by atoms with E-state index in [0.717, 1.165) is 52.7 Å². The number of hydrogen-bond donors (Lipinski definition) is 1. The van der Waals surface area contributed by atoms with Crippen LogP contribution in [0.5, 0.6) is 11.5 Å². The Morgan fingerprint density at radius 2 is 2.11 bits per heavy atom. The van der Waals surface area contributed by atoms with E-state index in [9.17, 15) is 5.11 Å². The quantitative estimate of drug-likeness (QED) is 0.746. The Hall–Kier alpha value is -2.71. The van der Waals surface area contributed by atoms with Crippen LogP contribution in [0, 0.1) is 0 Å². The molecule has 0 spiro atoms. The third kappa shape index (κ3) is 3.11. The van der Waals surface area contributed by atoms with Crippen LogP contribution in [0.3, 0.4) is 0 Å². The molecule has 1 N–H and O–H groups in total. The number of aliphatic hydroxyl groups excluding tert-OH is 1. The molecule has 0 unspecified atom stereocenters. The Morgan fingerprint density at radius 1 is 1.19 bits per heavy atom. The van der Waals surface area contributed by atoms with Crippen molar-refractivity contribution in [2.75, 3.05) is 24.8 Å². The predicted molar refractivity (Wildman–Crippen MR) is 102 cm³/mol. The van der Waals surface area contributed by atoms with Gasteiger partial charge in [0.25, 0.3) is 0 Å². The number of fused-ring (bicyclic) bond motifs is 1. The number of aromatic nitrogens is 3. The Morgan fingerprint density at radius 3 is 2.96 bits per heavy atom. The van der Waals surface area contributed by atoms with Crippen LogP contribution in [0.1, 0.15) is 12.8 Å². The number of nitrogens with zero attached hydrogens (tertiary/aromatic N) is 4. The van der Waals surface area contributed by atoms with E-state index in [0.29, 0.717) is 12.5 Å². The molecule has 2 aliphatic rings. The summed E-state index contributed by atoms with van der Waals surface area (Å²) in [5.74, 6) is 2.10. The maximum Gasteiger partial charge on any atom is 0.231 e. The van der Waals surface area contributed by atoms with Crippen molar-refractivity contribution in [2.24, 2.45) is 0 Å². The molecule has 27 heavy (non-hydrogen) atoms. The van der Waals surface area contributed by atoms with E-state index < -0.39 is 0 Å². The number of rotatable bonds is 3. The number of anilines is 1. The highest BCUT2D eigenvalue weighted by Crippen LogP contribution is 2.39. The minimum absolute atomic E-state index is 0.241. The van der Waals surface area contributed by atoms with Crippen molar-refractivity contribution in [3.05, 3.63) is 36.0 Å². The van der Waals surface area contributed by atoms with Gasteiger partial charge in [0, 0.05) is 36.4 Å².